The zero-order valence-electron chi connectivity index (χ0n) is 16.3. The number of hydrogen-bond acceptors (Lipinski definition) is 3. The monoisotopic (exact) mass is 348 g/mol. The molecule has 0 N–H and O–H groups in total. The molecule has 5 heteroatoms. The molecular formula is C20H30BFO3. The summed E-state index contributed by atoms with van der Waals surface area (Å²) in [6.07, 6.45) is 1.43. The minimum absolute atomic E-state index is 0.357. The molecule has 0 aliphatic carbocycles. The van der Waals surface area contributed by atoms with E-state index in [-0.39, 0.29) is 5.73 Å². The van der Waals surface area contributed by atoms with Crippen molar-refractivity contribution in [2.45, 2.75) is 65.6 Å². The van der Waals surface area contributed by atoms with Crippen LogP contribution in [0.2, 0.25) is 0 Å². The van der Waals surface area contributed by atoms with E-state index in [1.807, 2.05) is 58.9 Å². The summed E-state index contributed by atoms with van der Waals surface area (Å²) in [7, 11) is -0.980. The molecule has 0 amide bonds. The van der Waals surface area contributed by atoms with Gasteiger partial charge in [0.15, 0.2) is 0 Å². The molecule has 1 aromatic rings. The molecule has 0 unspecified atom stereocenters. The maximum absolute atomic E-state index is 15.4. The molecular weight excluding hydrogens is 318 g/mol. The van der Waals surface area contributed by atoms with Crippen molar-refractivity contribution >= 4 is 12.7 Å². The first-order valence-corrected chi connectivity index (χ1v) is 9.07. The molecule has 1 saturated heterocycles. The zero-order valence-corrected chi connectivity index (χ0v) is 16.3. The topological polar surface area (TPSA) is 27.7 Å². The van der Waals surface area contributed by atoms with E-state index in [0.717, 1.165) is 17.5 Å². The van der Waals surface area contributed by atoms with Gasteiger partial charge in [-0.3, -0.25) is 0 Å². The van der Waals surface area contributed by atoms with Crippen LogP contribution in [0.15, 0.2) is 30.0 Å². The second-order valence-electron chi connectivity index (χ2n) is 7.65. The van der Waals surface area contributed by atoms with E-state index < -0.39 is 18.3 Å². The van der Waals surface area contributed by atoms with Gasteiger partial charge in [0.1, 0.15) is 5.73 Å². The first kappa shape index (κ1) is 20.2. The van der Waals surface area contributed by atoms with Crippen molar-refractivity contribution in [3.63, 3.8) is 0 Å². The molecule has 1 heterocycles. The van der Waals surface area contributed by atoms with Crippen molar-refractivity contribution in [1.29, 1.82) is 0 Å². The highest BCUT2D eigenvalue weighted by Gasteiger charge is 2.53. The fraction of sp³-hybridized carbons (Fsp3) is 0.600. The normalized spacial score (nSPS) is 19.9. The lowest BCUT2D eigenvalue weighted by atomic mass is 9.81. The lowest BCUT2D eigenvalue weighted by Crippen LogP contribution is -2.41. The van der Waals surface area contributed by atoms with Crippen molar-refractivity contribution in [1.82, 2.24) is 0 Å². The number of ether oxygens (including phenoxy) is 1. The third-order valence-corrected chi connectivity index (χ3v) is 4.96. The molecule has 0 radical (unpaired) electrons. The van der Waals surface area contributed by atoms with Gasteiger partial charge in [0, 0.05) is 6.61 Å². The van der Waals surface area contributed by atoms with E-state index in [0.29, 0.717) is 25.2 Å². The van der Waals surface area contributed by atoms with E-state index in [1.54, 1.807) is 0 Å². The average molecular weight is 348 g/mol. The van der Waals surface area contributed by atoms with Crippen LogP contribution in [0.1, 0.15) is 58.6 Å². The summed E-state index contributed by atoms with van der Waals surface area (Å²) in [4.78, 5) is 0. The molecule has 1 aliphatic rings. The minimum Gasteiger partial charge on any atom is -0.398 e. The smallest absolute Gasteiger partial charge is 0.398 e. The Bertz CT molecular complexity index is 609. The Morgan fingerprint density at radius 2 is 1.76 bits per heavy atom. The van der Waals surface area contributed by atoms with Crippen LogP contribution in [-0.2, 0) is 14.0 Å². The van der Waals surface area contributed by atoms with Gasteiger partial charge in [-0.2, -0.15) is 0 Å². The number of halogens is 1. The molecule has 1 aromatic carbocycles. The second kappa shape index (κ2) is 8.02. The first-order chi connectivity index (χ1) is 11.7. The molecule has 2 rings (SSSR count). The predicted molar refractivity (Wildman–Crippen MR) is 101 cm³/mol. The highest BCUT2D eigenvalue weighted by Crippen LogP contribution is 2.40. The number of rotatable bonds is 7. The average Bonchev–Trinajstić information content (AvgIpc) is 2.75. The third-order valence-electron chi connectivity index (χ3n) is 4.96. The Hall–Kier alpha value is -1.17. The Balaban J connectivity index is 2.31. The summed E-state index contributed by atoms with van der Waals surface area (Å²) < 4.78 is 32.7. The molecule has 1 aliphatic heterocycles. The Morgan fingerprint density at radius 3 is 2.32 bits per heavy atom. The van der Waals surface area contributed by atoms with Gasteiger partial charge in [0.25, 0.3) is 0 Å². The van der Waals surface area contributed by atoms with E-state index in [2.05, 4.69) is 6.92 Å². The molecule has 25 heavy (non-hydrogen) atoms. The van der Waals surface area contributed by atoms with Gasteiger partial charge in [-0.05, 0) is 58.6 Å². The molecule has 0 atom stereocenters. The summed E-state index contributed by atoms with van der Waals surface area (Å²) in [5.74, 6) is 0. The van der Waals surface area contributed by atoms with Crippen molar-refractivity contribution in [3.8, 4) is 0 Å². The largest absolute Gasteiger partial charge is 0.525 e. The minimum atomic E-state index is -0.980. The Morgan fingerprint density at radius 1 is 1.12 bits per heavy atom. The van der Waals surface area contributed by atoms with E-state index >= 15 is 4.39 Å². The first-order valence-electron chi connectivity index (χ1n) is 9.07. The highest BCUT2D eigenvalue weighted by molar-refractivity contribution is 6.55. The van der Waals surface area contributed by atoms with E-state index in [1.165, 1.54) is 0 Å². The molecule has 0 aromatic heterocycles. The standard InChI is InChI=1S/C20H30BFO3/c1-7-12-23-13-11-17(16-10-8-9-15(2)14-16)18(22)21-24-19(3,4)20(5,6)25-21/h8-10,14H,7,11-13H2,1-6H3. The fourth-order valence-corrected chi connectivity index (χ4v) is 2.74. The van der Waals surface area contributed by atoms with Gasteiger partial charge in [0.05, 0.1) is 17.8 Å². The van der Waals surface area contributed by atoms with Crippen LogP contribution >= 0.6 is 0 Å². The van der Waals surface area contributed by atoms with Crippen LogP contribution in [0, 0.1) is 6.92 Å². The number of aryl methyl sites for hydroxylation is 1. The number of hydrogen-bond donors (Lipinski definition) is 0. The van der Waals surface area contributed by atoms with Crippen molar-refractivity contribution < 1.29 is 18.4 Å². The fourth-order valence-electron chi connectivity index (χ4n) is 2.74. The SMILES string of the molecule is CCCOCCC(=C(F)B1OC(C)(C)C(C)(C)O1)c1cccc(C)c1. The molecule has 1 fully saturated rings. The van der Waals surface area contributed by atoms with Crippen LogP contribution in [-0.4, -0.2) is 31.5 Å². The quantitative estimate of drug-likeness (QED) is 0.505. The lowest BCUT2D eigenvalue weighted by molar-refractivity contribution is 0.00578. The van der Waals surface area contributed by atoms with Crippen molar-refractivity contribution in [2.75, 3.05) is 13.2 Å². The van der Waals surface area contributed by atoms with Crippen molar-refractivity contribution in [2.24, 2.45) is 0 Å². The van der Waals surface area contributed by atoms with Gasteiger partial charge >= 0.3 is 7.12 Å². The number of benzene rings is 1. The van der Waals surface area contributed by atoms with Gasteiger partial charge in [0.2, 0.25) is 0 Å². The van der Waals surface area contributed by atoms with Crippen LogP contribution in [0.4, 0.5) is 4.39 Å². The highest BCUT2D eigenvalue weighted by atomic mass is 19.1. The van der Waals surface area contributed by atoms with E-state index in [4.69, 9.17) is 14.0 Å². The van der Waals surface area contributed by atoms with Gasteiger partial charge in [-0.25, -0.2) is 4.39 Å². The lowest BCUT2D eigenvalue weighted by Gasteiger charge is -2.32. The zero-order chi connectivity index (χ0) is 18.7. The maximum Gasteiger partial charge on any atom is 0.525 e. The summed E-state index contributed by atoms with van der Waals surface area (Å²) >= 11 is 0. The second-order valence-corrected chi connectivity index (χ2v) is 7.65. The summed E-state index contributed by atoms with van der Waals surface area (Å²) in [5, 5.41) is 0. The molecule has 3 nitrogen and oxygen atoms in total. The van der Waals surface area contributed by atoms with Crippen LogP contribution < -0.4 is 0 Å². The summed E-state index contributed by atoms with van der Waals surface area (Å²) in [6.45, 7) is 12.9. The molecule has 0 bridgehead atoms. The molecule has 0 saturated carbocycles. The summed E-state index contributed by atoms with van der Waals surface area (Å²) in [5.41, 5.74) is 1.05. The van der Waals surface area contributed by atoms with Crippen LogP contribution in [0.5, 0.6) is 0 Å². The Labute approximate surface area is 151 Å². The third kappa shape index (κ3) is 4.72. The van der Waals surface area contributed by atoms with Gasteiger partial charge < -0.3 is 14.0 Å². The van der Waals surface area contributed by atoms with Gasteiger partial charge in [-0.15, -0.1) is 0 Å². The van der Waals surface area contributed by atoms with Gasteiger partial charge in [-0.1, -0.05) is 36.8 Å². The van der Waals surface area contributed by atoms with Crippen LogP contribution in [0.3, 0.4) is 0 Å². The van der Waals surface area contributed by atoms with E-state index in [9.17, 15) is 0 Å². The maximum atomic E-state index is 15.4. The summed E-state index contributed by atoms with van der Waals surface area (Å²) in [6, 6.07) is 7.85. The molecule has 138 valence electrons. The van der Waals surface area contributed by atoms with Crippen molar-refractivity contribution in [3.05, 3.63) is 41.1 Å². The molecule has 0 spiro atoms. The van der Waals surface area contributed by atoms with Crippen LogP contribution in [0.25, 0.3) is 5.57 Å². The Kier molecular flexibility index (Phi) is 6.47. The predicted octanol–water partition coefficient (Wildman–Crippen LogP) is 5.12.